The van der Waals surface area contributed by atoms with Crippen LogP contribution >= 0.6 is 0 Å². The third kappa shape index (κ3) is 2.37. The Hall–Kier alpha value is -0.780. The third-order valence-corrected chi connectivity index (χ3v) is 2.14. The predicted molar refractivity (Wildman–Crippen MR) is 55.0 cm³/mol. The average Bonchev–Trinajstić information content (AvgIpc) is 2.11. The van der Waals surface area contributed by atoms with Gasteiger partial charge in [0.25, 0.3) is 0 Å². The standard InChI is InChI=1S/C12H18/c1-10-6-5-7-11(9-8-10)12(2,3)4/h5-10H,1-4H3. The van der Waals surface area contributed by atoms with Crippen LogP contribution in [0.25, 0.3) is 0 Å². The van der Waals surface area contributed by atoms with Crippen LogP contribution in [0.3, 0.4) is 0 Å². The van der Waals surface area contributed by atoms with E-state index in [2.05, 4.69) is 58.1 Å². The second kappa shape index (κ2) is 3.30. The number of rotatable bonds is 0. The molecule has 1 aliphatic carbocycles. The largest absolute Gasteiger partial charge is 0.0779 e. The lowest BCUT2D eigenvalue weighted by Crippen LogP contribution is -2.06. The van der Waals surface area contributed by atoms with Crippen LogP contribution in [0.5, 0.6) is 0 Å². The SMILES string of the molecule is CC1C=CC=C(C(C)(C)C)C=C1. The molecule has 0 aromatic rings. The molecule has 0 heteroatoms. The summed E-state index contributed by atoms with van der Waals surface area (Å²) >= 11 is 0. The average molecular weight is 162 g/mol. The van der Waals surface area contributed by atoms with Crippen LogP contribution < -0.4 is 0 Å². The van der Waals surface area contributed by atoms with Crippen molar-refractivity contribution in [3.63, 3.8) is 0 Å². The van der Waals surface area contributed by atoms with Gasteiger partial charge in [-0.2, -0.15) is 0 Å². The van der Waals surface area contributed by atoms with Gasteiger partial charge in [0.1, 0.15) is 0 Å². The maximum absolute atomic E-state index is 2.25. The zero-order valence-corrected chi connectivity index (χ0v) is 8.46. The highest BCUT2D eigenvalue weighted by molar-refractivity contribution is 5.32. The summed E-state index contributed by atoms with van der Waals surface area (Å²) < 4.78 is 0. The predicted octanol–water partition coefficient (Wildman–Crippen LogP) is 3.72. The van der Waals surface area contributed by atoms with E-state index in [4.69, 9.17) is 0 Å². The monoisotopic (exact) mass is 162 g/mol. The van der Waals surface area contributed by atoms with E-state index in [-0.39, 0.29) is 5.41 Å². The fourth-order valence-electron chi connectivity index (χ4n) is 1.21. The van der Waals surface area contributed by atoms with E-state index < -0.39 is 0 Å². The molecule has 1 aliphatic rings. The second-order valence-corrected chi connectivity index (χ2v) is 4.48. The van der Waals surface area contributed by atoms with Crippen LogP contribution in [-0.4, -0.2) is 0 Å². The first-order chi connectivity index (χ1) is 5.50. The molecule has 1 rings (SSSR count). The summed E-state index contributed by atoms with van der Waals surface area (Å²) in [5.41, 5.74) is 1.67. The van der Waals surface area contributed by atoms with Crippen molar-refractivity contribution in [2.24, 2.45) is 11.3 Å². The van der Waals surface area contributed by atoms with Gasteiger partial charge in [0, 0.05) is 0 Å². The van der Waals surface area contributed by atoms with Crippen LogP contribution in [0.4, 0.5) is 0 Å². The zero-order chi connectivity index (χ0) is 9.19. The molecule has 1 unspecified atom stereocenters. The Morgan fingerprint density at radius 1 is 1.17 bits per heavy atom. The molecule has 12 heavy (non-hydrogen) atoms. The summed E-state index contributed by atoms with van der Waals surface area (Å²) in [6.45, 7) is 8.93. The van der Waals surface area contributed by atoms with Gasteiger partial charge in [-0.25, -0.2) is 0 Å². The maximum atomic E-state index is 2.25. The Labute approximate surface area is 75.7 Å². The van der Waals surface area contributed by atoms with E-state index in [9.17, 15) is 0 Å². The molecule has 0 bridgehead atoms. The first-order valence-corrected chi connectivity index (χ1v) is 4.57. The minimum atomic E-state index is 0.269. The molecular weight excluding hydrogens is 144 g/mol. The first kappa shape index (κ1) is 9.31. The lowest BCUT2D eigenvalue weighted by molar-refractivity contribution is 0.517. The summed E-state index contributed by atoms with van der Waals surface area (Å²) in [5.74, 6) is 0.570. The van der Waals surface area contributed by atoms with Crippen molar-refractivity contribution in [1.82, 2.24) is 0 Å². The fourth-order valence-corrected chi connectivity index (χ4v) is 1.21. The van der Waals surface area contributed by atoms with Crippen molar-refractivity contribution in [1.29, 1.82) is 0 Å². The summed E-state index contributed by atoms with van der Waals surface area (Å²) in [4.78, 5) is 0. The van der Waals surface area contributed by atoms with Crippen molar-refractivity contribution in [3.05, 3.63) is 36.0 Å². The molecular formula is C12H18. The van der Waals surface area contributed by atoms with Crippen LogP contribution in [0.1, 0.15) is 27.7 Å². The van der Waals surface area contributed by atoms with Gasteiger partial charge in [0.15, 0.2) is 0 Å². The summed E-state index contributed by atoms with van der Waals surface area (Å²) in [5, 5.41) is 0. The van der Waals surface area contributed by atoms with Gasteiger partial charge >= 0.3 is 0 Å². The molecule has 1 atom stereocenters. The summed E-state index contributed by atoms with van der Waals surface area (Å²) in [6.07, 6.45) is 11.1. The highest BCUT2D eigenvalue weighted by Crippen LogP contribution is 2.27. The third-order valence-electron chi connectivity index (χ3n) is 2.14. The molecule has 0 aliphatic heterocycles. The molecule has 0 radical (unpaired) electrons. The molecule has 0 aromatic heterocycles. The lowest BCUT2D eigenvalue weighted by Gasteiger charge is -2.19. The van der Waals surface area contributed by atoms with Gasteiger partial charge in [0.2, 0.25) is 0 Å². The molecule has 0 fully saturated rings. The molecule has 0 aromatic carbocycles. The Balaban J connectivity index is 2.88. The molecule has 0 saturated carbocycles. The first-order valence-electron chi connectivity index (χ1n) is 4.57. The molecule has 0 saturated heterocycles. The van der Waals surface area contributed by atoms with Crippen molar-refractivity contribution in [2.75, 3.05) is 0 Å². The molecule has 0 spiro atoms. The zero-order valence-electron chi connectivity index (χ0n) is 8.46. The van der Waals surface area contributed by atoms with Crippen LogP contribution in [0.2, 0.25) is 0 Å². The van der Waals surface area contributed by atoms with E-state index in [0.717, 1.165) is 0 Å². The minimum absolute atomic E-state index is 0.269. The van der Waals surface area contributed by atoms with Crippen molar-refractivity contribution in [3.8, 4) is 0 Å². The highest BCUT2D eigenvalue weighted by atomic mass is 14.2. The van der Waals surface area contributed by atoms with Gasteiger partial charge < -0.3 is 0 Å². The lowest BCUT2D eigenvalue weighted by atomic mass is 9.86. The van der Waals surface area contributed by atoms with E-state index >= 15 is 0 Å². The number of hydrogen-bond donors (Lipinski definition) is 0. The highest BCUT2D eigenvalue weighted by Gasteiger charge is 2.14. The maximum Gasteiger partial charge on any atom is -0.00755 e. The van der Waals surface area contributed by atoms with Crippen LogP contribution in [0.15, 0.2) is 36.0 Å². The van der Waals surface area contributed by atoms with E-state index in [0.29, 0.717) is 5.92 Å². The van der Waals surface area contributed by atoms with E-state index in [1.807, 2.05) is 0 Å². The Bertz CT molecular complexity index is 233. The fraction of sp³-hybridized carbons (Fsp3) is 0.500. The Morgan fingerprint density at radius 3 is 2.42 bits per heavy atom. The van der Waals surface area contributed by atoms with E-state index in [1.165, 1.54) is 5.57 Å². The van der Waals surface area contributed by atoms with Crippen LogP contribution in [-0.2, 0) is 0 Å². The Kier molecular flexibility index (Phi) is 2.56. The van der Waals surface area contributed by atoms with Gasteiger partial charge in [-0.3, -0.25) is 0 Å². The van der Waals surface area contributed by atoms with E-state index in [1.54, 1.807) is 0 Å². The van der Waals surface area contributed by atoms with Gasteiger partial charge in [-0.05, 0) is 16.9 Å². The molecule has 66 valence electrons. The topological polar surface area (TPSA) is 0 Å². The van der Waals surface area contributed by atoms with Gasteiger partial charge in [0.05, 0.1) is 0 Å². The Morgan fingerprint density at radius 2 is 1.83 bits per heavy atom. The normalized spacial score (nSPS) is 23.7. The summed E-state index contributed by atoms with van der Waals surface area (Å²) in [7, 11) is 0. The number of hydrogen-bond acceptors (Lipinski definition) is 0. The smallest absolute Gasteiger partial charge is 0.00755 e. The molecule has 0 N–H and O–H groups in total. The second-order valence-electron chi connectivity index (χ2n) is 4.48. The molecule has 0 heterocycles. The molecule has 0 amide bonds. The quantitative estimate of drug-likeness (QED) is 0.509. The van der Waals surface area contributed by atoms with Crippen molar-refractivity contribution in [2.45, 2.75) is 27.7 Å². The van der Waals surface area contributed by atoms with Crippen molar-refractivity contribution >= 4 is 0 Å². The minimum Gasteiger partial charge on any atom is -0.0779 e. The van der Waals surface area contributed by atoms with Gasteiger partial charge in [-0.15, -0.1) is 0 Å². The number of allylic oxidation sites excluding steroid dienone is 6. The van der Waals surface area contributed by atoms with Gasteiger partial charge in [-0.1, -0.05) is 58.1 Å². The van der Waals surface area contributed by atoms with Crippen LogP contribution in [0, 0.1) is 11.3 Å². The molecule has 0 nitrogen and oxygen atoms in total. The van der Waals surface area contributed by atoms with Crippen molar-refractivity contribution < 1.29 is 0 Å². The summed E-state index contributed by atoms with van der Waals surface area (Å²) in [6, 6.07) is 0.